The molecule has 176 valence electrons. The third kappa shape index (κ3) is 5.41. The van der Waals surface area contributed by atoms with Gasteiger partial charge >= 0.3 is 11.7 Å². The SMILES string of the molecule is COCCNC(=O)[C@@H](NC(=O)n1c(=O)n(CC2CCCCC2)c2ccccc21)C(C)(C)C. The molecule has 1 aromatic heterocycles. The van der Waals surface area contributed by atoms with Gasteiger partial charge in [0.1, 0.15) is 6.04 Å². The van der Waals surface area contributed by atoms with Crippen molar-refractivity contribution >= 4 is 23.0 Å². The van der Waals surface area contributed by atoms with Crippen molar-refractivity contribution in [3.63, 3.8) is 0 Å². The predicted octanol–water partition coefficient (Wildman–Crippen LogP) is 3.12. The Kier molecular flexibility index (Phi) is 7.77. The van der Waals surface area contributed by atoms with Crippen LogP contribution in [0.25, 0.3) is 11.0 Å². The van der Waals surface area contributed by atoms with Crippen molar-refractivity contribution in [3.8, 4) is 0 Å². The van der Waals surface area contributed by atoms with E-state index in [4.69, 9.17) is 4.74 Å². The molecule has 2 N–H and O–H groups in total. The minimum absolute atomic E-state index is 0.304. The number of methoxy groups -OCH3 is 1. The fraction of sp³-hybridized carbons (Fsp3) is 0.625. The molecule has 1 fully saturated rings. The zero-order chi connectivity index (χ0) is 23.3. The number of carbonyl (C=O) groups is 2. The van der Waals surface area contributed by atoms with Crippen molar-refractivity contribution in [2.24, 2.45) is 11.3 Å². The maximum absolute atomic E-state index is 13.4. The average Bonchev–Trinajstić information content (AvgIpc) is 3.03. The van der Waals surface area contributed by atoms with Crippen molar-refractivity contribution in [2.75, 3.05) is 20.3 Å². The second kappa shape index (κ2) is 10.3. The van der Waals surface area contributed by atoms with Crippen LogP contribution >= 0.6 is 0 Å². The Balaban J connectivity index is 1.90. The van der Waals surface area contributed by atoms with Crippen molar-refractivity contribution in [3.05, 3.63) is 34.7 Å². The van der Waals surface area contributed by atoms with Gasteiger partial charge in [-0.1, -0.05) is 52.2 Å². The first-order valence-electron chi connectivity index (χ1n) is 11.5. The van der Waals surface area contributed by atoms with Gasteiger partial charge in [-0.2, -0.15) is 0 Å². The molecule has 1 heterocycles. The molecular formula is C24H36N4O4. The topological polar surface area (TPSA) is 94.4 Å². The van der Waals surface area contributed by atoms with E-state index in [0.29, 0.717) is 31.1 Å². The number of hydrogen-bond acceptors (Lipinski definition) is 4. The number of benzene rings is 1. The molecule has 8 heteroatoms. The van der Waals surface area contributed by atoms with Gasteiger partial charge in [0.15, 0.2) is 0 Å². The van der Waals surface area contributed by atoms with Gasteiger partial charge in [0.05, 0.1) is 17.6 Å². The van der Waals surface area contributed by atoms with Gasteiger partial charge in [0, 0.05) is 20.2 Å². The van der Waals surface area contributed by atoms with E-state index >= 15 is 0 Å². The molecule has 0 saturated heterocycles. The van der Waals surface area contributed by atoms with Gasteiger partial charge in [-0.25, -0.2) is 14.2 Å². The molecule has 0 spiro atoms. The Morgan fingerprint density at radius 2 is 1.78 bits per heavy atom. The monoisotopic (exact) mass is 444 g/mol. The lowest BCUT2D eigenvalue weighted by Gasteiger charge is -2.30. The maximum Gasteiger partial charge on any atom is 0.337 e. The predicted molar refractivity (Wildman–Crippen MR) is 125 cm³/mol. The third-order valence-corrected chi connectivity index (χ3v) is 6.21. The van der Waals surface area contributed by atoms with Crippen molar-refractivity contribution in [1.82, 2.24) is 19.8 Å². The second-order valence-electron chi connectivity index (χ2n) is 9.75. The van der Waals surface area contributed by atoms with E-state index in [1.54, 1.807) is 17.7 Å². The molecule has 2 amide bonds. The number of aromatic nitrogens is 2. The van der Waals surface area contributed by atoms with E-state index < -0.39 is 17.5 Å². The molecule has 0 radical (unpaired) electrons. The fourth-order valence-electron chi connectivity index (χ4n) is 4.45. The smallest absolute Gasteiger partial charge is 0.337 e. The summed E-state index contributed by atoms with van der Waals surface area (Å²) in [7, 11) is 1.56. The second-order valence-corrected chi connectivity index (χ2v) is 9.75. The van der Waals surface area contributed by atoms with E-state index in [2.05, 4.69) is 10.6 Å². The number of hydrogen-bond donors (Lipinski definition) is 2. The third-order valence-electron chi connectivity index (χ3n) is 6.21. The van der Waals surface area contributed by atoms with E-state index in [9.17, 15) is 14.4 Å². The summed E-state index contributed by atoms with van der Waals surface area (Å²) in [6.07, 6.45) is 5.82. The first-order valence-corrected chi connectivity index (χ1v) is 11.5. The summed E-state index contributed by atoms with van der Waals surface area (Å²) >= 11 is 0. The molecule has 1 aromatic carbocycles. The van der Waals surface area contributed by atoms with E-state index in [1.807, 2.05) is 39.0 Å². The van der Waals surface area contributed by atoms with Crippen molar-refractivity contribution in [1.29, 1.82) is 0 Å². The average molecular weight is 445 g/mol. The van der Waals surface area contributed by atoms with Gasteiger partial charge in [0.2, 0.25) is 5.91 Å². The number of para-hydroxylation sites is 2. The van der Waals surface area contributed by atoms with Crippen LogP contribution < -0.4 is 16.3 Å². The highest BCUT2D eigenvalue weighted by atomic mass is 16.5. The molecule has 1 atom stereocenters. The Labute approximate surface area is 189 Å². The number of imidazole rings is 1. The number of amides is 2. The molecule has 32 heavy (non-hydrogen) atoms. The van der Waals surface area contributed by atoms with Crippen LogP contribution in [0.3, 0.4) is 0 Å². The number of nitrogens with zero attached hydrogens (tertiary/aromatic N) is 2. The first kappa shape index (κ1) is 24.0. The van der Waals surface area contributed by atoms with E-state index in [0.717, 1.165) is 18.4 Å². The molecule has 8 nitrogen and oxygen atoms in total. The molecule has 3 rings (SSSR count). The minimum atomic E-state index is -0.806. The van der Waals surface area contributed by atoms with Crippen LogP contribution in [0, 0.1) is 11.3 Å². The highest BCUT2D eigenvalue weighted by Crippen LogP contribution is 2.26. The van der Waals surface area contributed by atoms with Crippen LogP contribution in [0.15, 0.2) is 29.1 Å². The van der Waals surface area contributed by atoms with Crippen LogP contribution in [-0.2, 0) is 16.1 Å². The summed E-state index contributed by atoms with van der Waals surface area (Å²) < 4.78 is 7.87. The van der Waals surface area contributed by atoms with Crippen LogP contribution in [0.1, 0.15) is 52.9 Å². The number of nitrogens with one attached hydrogen (secondary N) is 2. The highest BCUT2D eigenvalue weighted by Gasteiger charge is 2.34. The van der Waals surface area contributed by atoms with Crippen LogP contribution in [0.4, 0.5) is 4.79 Å². The first-order chi connectivity index (χ1) is 15.2. The number of rotatable bonds is 7. The van der Waals surface area contributed by atoms with Crippen molar-refractivity contribution in [2.45, 2.75) is 65.5 Å². The van der Waals surface area contributed by atoms with Gasteiger partial charge in [0.25, 0.3) is 0 Å². The fourth-order valence-corrected chi connectivity index (χ4v) is 4.45. The Hall–Kier alpha value is -2.61. The molecule has 1 aliphatic carbocycles. The lowest BCUT2D eigenvalue weighted by atomic mass is 9.86. The summed E-state index contributed by atoms with van der Waals surface area (Å²) in [6.45, 7) is 6.97. The van der Waals surface area contributed by atoms with E-state index in [-0.39, 0.29) is 11.6 Å². The standard InChI is InChI=1S/C24H36N4O4/c1-24(2,3)20(21(29)25-14-15-32-4)26-22(30)28-19-13-9-8-12-18(19)27(23(28)31)16-17-10-6-5-7-11-17/h8-9,12-13,17,20H,5-7,10-11,14-16H2,1-4H3,(H,25,29)(H,26,30)/t20-/m1/s1. The summed E-state index contributed by atoms with van der Waals surface area (Å²) in [4.78, 5) is 39.4. The Bertz CT molecular complexity index is 996. The van der Waals surface area contributed by atoms with Crippen LogP contribution in [0.5, 0.6) is 0 Å². The molecule has 0 aliphatic heterocycles. The Morgan fingerprint density at radius 3 is 2.41 bits per heavy atom. The lowest BCUT2D eigenvalue weighted by molar-refractivity contribution is -0.125. The zero-order valence-electron chi connectivity index (χ0n) is 19.6. The van der Waals surface area contributed by atoms with Crippen LogP contribution in [-0.4, -0.2) is 47.4 Å². The molecule has 1 aliphatic rings. The summed E-state index contributed by atoms with van der Waals surface area (Å²) in [5.74, 6) is 0.138. The Morgan fingerprint density at radius 1 is 1.12 bits per heavy atom. The van der Waals surface area contributed by atoms with Crippen LogP contribution in [0.2, 0.25) is 0 Å². The number of carbonyl (C=O) groups excluding carboxylic acids is 2. The maximum atomic E-state index is 13.4. The molecular weight excluding hydrogens is 408 g/mol. The van der Waals surface area contributed by atoms with Crippen molar-refractivity contribution < 1.29 is 14.3 Å². The summed E-state index contributed by atoms with van der Waals surface area (Å²) in [6, 6.07) is 5.95. The molecule has 0 unspecified atom stereocenters. The van der Waals surface area contributed by atoms with Gasteiger partial charge in [-0.3, -0.25) is 9.36 Å². The highest BCUT2D eigenvalue weighted by molar-refractivity contribution is 5.93. The normalized spacial score (nSPS) is 16.1. The lowest BCUT2D eigenvalue weighted by Crippen LogP contribution is -2.55. The van der Waals surface area contributed by atoms with Gasteiger partial charge in [-0.05, 0) is 36.3 Å². The zero-order valence-corrected chi connectivity index (χ0v) is 19.6. The number of fused-ring (bicyclic) bond motifs is 1. The summed E-state index contributed by atoms with van der Waals surface area (Å²) in [5.41, 5.74) is 0.395. The van der Waals surface area contributed by atoms with Gasteiger partial charge < -0.3 is 15.4 Å². The van der Waals surface area contributed by atoms with Gasteiger partial charge in [-0.15, -0.1) is 0 Å². The summed E-state index contributed by atoms with van der Waals surface area (Å²) in [5, 5.41) is 5.59. The number of ether oxygens (including phenoxy) is 1. The quantitative estimate of drug-likeness (QED) is 0.642. The largest absolute Gasteiger partial charge is 0.383 e. The minimum Gasteiger partial charge on any atom is -0.383 e. The molecule has 1 saturated carbocycles. The van der Waals surface area contributed by atoms with E-state index in [1.165, 1.54) is 23.8 Å². The molecule has 2 aromatic rings. The molecule has 0 bridgehead atoms.